The number of aryl methyl sites for hydroxylation is 1. The van der Waals surface area contributed by atoms with Crippen molar-refractivity contribution >= 4 is 37.4 Å². The smallest absolute Gasteiger partial charge is 0.206 e. The number of aliphatic hydroxyl groups excluding tert-OH is 1. The van der Waals surface area contributed by atoms with Gasteiger partial charge in [-0.1, -0.05) is 51.8 Å². The number of rotatable bonds is 4. The summed E-state index contributed by atoms with van der Waals surface area (Å²) in [4.78, 5) is 0.398. The van der Waals surface area contributed by atoms with Gasteiger partial charge >= 0.3 is 0 Å². The van der Waals surface area contributed by atoms with Gasteiger partial charge in [-0.3, -0.25) is 0 Å². The van der Waals surface area contributed by atoms with Crippen molar-refractivity contribution in [2.45, 2.75) is 22.8 Å². The molecular formula is C20H16BrClO3S. The minimum Gasteiger partial charge on any atom is -0.384 e. The average Bonchev–Trinajstić information content (AvgIpc) is 2.61. The molecule has 0 aliphatic heterocycles. The predicted octanol–water partition coefficient (Wildman–Crippen LogP) is 5.33. The van der Waals surface area contributed by atoms with Crippen molar-refractivity contribution in [1.29, 1.82) is 0 Å². The minimum absolute atomic E-state index is 0.174. The molecule has 0 aromatic heterocycles. The van der Waals surface area contributed by atoms with E-state index in [4.69, 9.17) is 11.6 Å². The maximum Gasteiger partial charge on any atom is 0.206 e. The average molecular weight is 452 g/mol. The summed E-state index contributed by atoms with van der Waals surface area (Å²) >= 11 is 9.29. The first kappa shape index (κ1) is 19.1. The number of hydrogen-bond acceptors (Lipinski definition) is 3. The summed E-state index contributed by atoms with van der Waals surface area (Å²) < 4.78 is 26.6. The predicted molar refractivity (Wildman–Crippen MR) is 106 cm³/mol. The lowest BCUT2D eigenvalue weighted by Gasteiger charge is -2.13. The van der Waals surface area contributed by atoms with Gasteiger partial charge in [0.05, 0.1) is 9.79 Å². The Morgan fingerprint density at radius 1 is 0.962 bits per heavy atom. The van der Waals surface area contributed by atoms with Crippen LogP contribution in [0.2, 0.25) is 5.02 Å². The van der Waals surface area contributed by atoms with Crippen LogP contribution in [0, 0.1) is 6.92 Å². The lowest BCUT2D eigenvalue weighted by atomic mass is 10.0. The molecule has 1 unspecified atom stereocenters. The summed E-state index contributed by atoms with van der Waals surface area (Å²) in [5.41, 5.74) is 1.94. The van der Waals surface area contributed by atoms with Crippen molar-refractivity contribution < 1.29 is 13.5 Å². The number of halogens is 2. The van der Waals surface area contributed by atoms with Gasteiger partial charge in [0.2, 0.25) is 9.84 Å². The second-order valence-corrected chi connectivity index (χ2v) is 9.21. The Bertz CT molecular complexity index is 1050. The van der Waals surface area contributed by atoms with Crippen molar-refractivity contribution in [1.82, 2.24) is 0 Å². The van der Waals surface area contributed by atoms with Gasteiger partial charge in [-0.25, -0.2) is 8.42 Å². The van der Waals surface area contributed by atoms with Crippen LogP contribution in [0.1, 0.15) is 22.8 Å². The quantitative estimate of drug-likeness (QED) is 0.583. The molecule has 0 aliphatic rings. The van der Waals surface area contributed by atoms with Crippen molar-refractivity contribution in [2.24, 2.45) is 0 Å². The highest BCUT2D eigenvalue weighted by Crippen LogP contribution is 2.29. The van der Waals surface area contributed by atoms with Crippen LogP contribution >= 0.6 is 27.5 Å². The molecule has 6 heteroatoms. The first-order valence-electron chi connectivity index (χ1n) is 7.84. The van der Waals surface area contributed by atoms with Crippen molar-refractivity contribution in [2.75, 3.05) is 0 Å². The molecule has 0 amide bonds. The Morgan fingerprint density at radius 3 is 2.27 bits per heavy atom. The molecule has 1 atom stereocenters. The highest BCUT2D eigenvalue weighted by Gasteiger charge is 2.21. The molecule has 3 nitrogen and oxygen atoms in total. The highest BCUT2D eigenvalue weighted by molar-refractivity contribution is 9.10. The number of hydrogen-bond donors (Lipinski definition) is 1. The number of sulfone groups is 1. The fourth-order valence-electron chi connectivity index (χ4n) is 2.74. The van der Waals surface area contributed by atoms with E-state index in [1.165, 1.54) is 18.2 Å². The van der Waals surface area contributed by atoms with Crippen molar-refractivity contribution in [3.05, 3.63) is 92.9 Å². The zero-order valence-electron chi connectivity index (χ0n) is 13.9. The molecule has 0 bridgehead atoms. The summed E-state index contributed by atoms with van der Waals surface area (Å²) in [6, 6.07) is 18.3. The molecule has 0 fully saturated rings. The zero-order chi connectivity index (χ0) is 18.9. The first-order valence-corrected chi connectivity index (χ1v) is 10.5. The van der Waals surface area contributed by atoms with E-state index in [-0.39, 0.29) is 9.79 Å². The summed E-state index contributed by atoms with van der Waals surface area (Å²) in [7, 11) is -3.65. The molecule has 26 heavy (non-hydrogen) atoms. The minimum atomic E-state index is -3.65. The molecular weight excluding hydrogens is 436 g/mol. The van der Waals surface area contributed by atoms with Gasteiger partial charge in [-0.15, -0.1) is 0 Å². The second-order valence-electron chi connectivity index (χ2n) is 5.94. The third-order valence-corrected chi connectivity index (χ3v) is 6.76. The molecule has 0 radical (unpaired) electrons. The normalized spacial score (nSPS) is 12.8. The molecule has 3 aromatic rings. The van der Waals surface area contributed by atoms with E-state index in [0.29, 0.717) is 16.1 Å². The van der Waals surface area contributed by atoms with E-state index in [1.807, 2.05) is 24.3 Å². The van der Waals surface area contributed by atoms with Crippen molar-refractivity contribution in [3.8, 4) is 0 Å². The van der Waals surface area contributed by atoms with Crippen molar-refractivity contribution in [3.63, 3.8) is 0 Å². The third kappa shape index (κ3) is 3.86. The molecule has 0 saturated carbocycles. The number of aliphatic hydroxyl groups is 1. The van der Waals surface area contributed by atoms with Gasteiger partial charge in [0, 0.05) is 9.50 Å². The van der Waals surface area contributed by atoms with Gasteiger partial charge in [0.1, 0.15) is 6.10 Å². The zero-order valence-corrected chi connectivity index (χ0v) is 17.0. The summed E-state index contributed by atoms with van der Waals surface area (Å²) in [6.45, 7) is 1.71. The maximum atomic E-state index is 12.8. The van der Waals surface area contributed by atoms with Gasteiger partial charge in [0.25, 0.3) is 0 Å². The van der Waals surface area contributed by atoms with E-state index in [9.17, 15) is 13.5 Å². The Morgan fingerprint density at radius 2 is 1.65 bits per heavy atom. The second kappa shape index (κ2) is 7.53. The third-order valence-electron chi connectivity index (χ3n) is 4.10. The summed E-state index contributed by atoms with van der Waals surface area (Å²) in [5, 5.41) is 11.0. The van der Waals surface area contributed by atoms with Crippen LogP contribution in [0.3, 0.4) is 0 Å². The molecule has 1 N–H and O–H groups in total. The Balaban J connectivity index is 1.94. The fraction of sp³-hybridized carbons (Fsp3) is 0.100. The fourth-order valence-corrected chi connectivity index (χ4v) is 4.86. The van der Waals surface area contributed by atoms with E-state index in [0.717, 1.165) is 10.0 Å². The van der Waals surface area contributed by atoms with Gasteiger partial charge in [0.15, 0.2) is 0 Å². The van der Waals surface area contributed by atoms with Crippen LogP contribution in [-0.4, -0.2) is 13.5 Å². The number of benzene rings is 3. The molecule has 134 valence electrons. The molecule has 3 aromatic carbocycles. The Hall–Kier alpha value is -1.66. The van der Waals surface area contributed by atoms with Crippen LogP contribution in [0.4, 0.5) is 0 Å². The lowest BCUT2D eigenvalue weighted by Crippen LogP contribution is -2.05. The van der Waals surface area contributed by atoms with Gasteiger partial charge in [-0.05, 0) is 66.1 Å². The first-order chi connectivity index (χ1) is 12.3. The summed E-state index contributed by atoms with van der Waals surface area (Å²) in [6.07, 6.45) is -0.832. The topological polar surface area (TPSA) is 54.4 Å². The molecule has 0 spiro atoms. The Labute approximate surface area is 166 Å². The standard InChI is InChI=1S/C20H16BrClO3S/c1-13-11-17(22)7-10-19(13)26(24,25)18-8-5-14(6-9-18)20(23)15-3-2-4-16(21)12-15/h2-12,20,23H,1H3. The van der Waals surface area contributed by atoms with E-state index in [1.54, 1.807) is 31.2 Å². The molecule has 0 heterocycles. The van der Waals surface area contributed by atoms with Crippen LogP contribution in [0.25, 0.3) is 0 Å². The van der Waals surface area contributed by atoms with Crippen LogP contribution in [0.5, 0.6) is 0 Å². The van der Waals surface area contributed by atoms with E-state index in [2.05, 4.69) is 15.9 Å². The van der Waals surface area contributed by atoms with Crippen LogP contribution in [-0.2, 0) is 9.84 Å². The monoisotopic (exact) mass is 450 g/mol. The molecule has 0 saturated heterocycles. The van der Waals surface area contributed by atoms with E-state index < -0.39 is 15.9 Å². The lowest BCUT2D eigenvalue weighted by molar-refractivity contribution is 0.220. The van der Waals surface area contributed by atoms with Gasteiger partial charge < -0.3 is 5.11 Å². The molecule has 0 aliphatic carbocycles. The van der Waals surface area contributed by atoms with Crippen LogP contribution < -0.4 is 0 Å². The SMILES string of the molecule is Cc1cc(Cl)ccc1S(=O)(=O)c1ccc(C(O)c2cccc(Br)c2)cc1. The Kier molecular flexibility index (Phi) is 5.53. The molecule has 3 rings (SSSR count). The largest absolute Gasteiger partial charge is 0.384 e. The van der Waals surface area contributed by atoms with E-state index >= 15 is 0 Å². The maximum absolute atomic E-state index is 12.8. The van der Waals surface area contributed by atoms with Crippen LogP contribution in [0.15, 0.2) is 81.0 Å². The summed E-state index contributed by atoms with van der Waals surface area (Å²) in [5.74, 6) is 0. The van der Waals surface area contributed by atoms with Gasteiger partial charge in [-0.2, -0.15) is 0 Å². The highest BCUT2D eigenvalue weighted by atomic mass is 79.9.